The Bertz CT molecular complexity index is 1090. The lowest BCUT2D eigenvalue weighted by Gasteiger charge is -2.22. The lowest BCUT2D eigenvalue weighted by molar-refractivity contribution is 0.177. The number of pyridine rings is 1. The molecule has 1 aliphatic carbocycles. The van der Waals surface area contributed by atoms with Crippen LogP contribution < -0.4 is 9.62 Å². The lowest BCUT2D eigenvalue weighted by atomic mass is 10.0. The fourth-order valence-electron chi connectivity index (χ4n) is 4.26. The highest BCUT2D eigenvalue weighted by Crippen LogP contribution is 2.40. The third-order valence-corrected chi connectivity index (χ3v) is 8.32. The third kappa shape index (κ3) is 4.11. The van der Waals surface area contributed by atoms with Gasteiger partial charge in [0.05, 0.1) is 32.3 Å². The highest BCUT2D eigenvalue weighted by molar-refractivity contribution is 7.97. The van der Waals surface area contributed by atoms with Gasteiger partial charge in [0, 0.05) is 41.6 Å². The summed E-state index contributed by atoms with van der Waals surface area (Å²) >= 11 is 2.95. The maximum atomic E-state index is 13.0. The van der Waals surface area contributed by atoms with Gasteiger partial charge in [-0.15, -0.1) is 10.2 Å². The molecule has 7 nitrogen and oxygen atoms in total. The highest BCUT2D eigenvalue weighted by Gasteiger charge is 2.39. The number of imidazole rings is 1. The molecule has 2 saturated heterocycles. The van der Waals surface area contributed by atoms with Crippen LogP contribution in [0.2, 0.25) is 0 Å². The molecule has 11 heteroatoms. The second-order valence-electron chi connectivity index (χ2n) is 8.76. The van der Waals surface area contributed by atoms with Crippen LogP contribution in [0.1, 0.15) is 24.8 Å². The van der Waals surface area contributed by atoms with Gasteiger partial charge in [-0.25, -0.2) is 9.37 Å². The quantitative estimate of drug-likeness (QED) is 0.532. The molecular formula is C21H26F2N6OS2. The van der Waals surface area contributed by atoms with Gasteiger partial charge in [-0.1, -0.05) is 11.3 Å². The Labute approximate surface area is 193 Å². The van der Waals surface area contributed by atoms with Gasteiger partial charge in [-0.05, 0) is 37.8 Å². The zero-order chi connectivity index (χ0) is 22.3. The van der Waals surface area contributed by atoms with Gasteiger partial charge in [0.15, 0.2) is 10.7 Å². The maximum Gasteiger partial charge on any atom is 0.166 e. The number of ether oxygens (including phenoxy) is 1. The number of nitrogens with zero attached hydrogens (tertiary/aromatic N) is 5. The van der Waals surface area contributed by atoms with Gasteiger partial charge < -0.3 is 9.64 Å². The fraction of sp³-hybridized carbons (Fsp3) is 0.571. The lowest BCUT2D eigenvalue weighted by Crippen LogP contribution is -2.23. The molecule has 3 aliphatic rings. The second kappa shape index (κ2) is 8.85. The van der Waals surface area contributed by atoms with E-state index in [0.29, 0.717) is 29.0 Å². The Balaban J connectivity index is 0.00000105. The van der Waals surface area contributed by atoms with Crippen LogP contribution in [0.15, 0.2) is 23.4 Å². The van der Waals surface area contributed by atoms with Crippen LogP contribution >= 0.6 is 23.3 Å². The number of nitrogens with one attached hydrogen (secondary N) is 1. The van der Waals surface area contributed by atoms with Gasteiger partial charge in [0.2, 0.25) is 0 Å². The van der Waals surface area contributed by atoms with Crippen molar-refractivity contribution in [1.82, 2.24) is 24.3 Å². The number of alkyl halides is 2. The summed E-state index contributed by atoms with van der Waals surface area (Å²) in [7, 11) is 0.500. The Morgan fingerprint density at radius 3 is 2.66 bits per heavy atom. The highest BCUT2D eigenvalue weighted by atomic mass is 32.2. The number of aromatic nitrogens is 4. The maximum absolute atomic E-state index is 13.0. The van der Waals surface area contributed by atoms with Gasteiger partial charge in [0.25, 0.3) is 0 Å². The molecule has 0 amide bonds. The van der Waals surface area contributed by atoms with E-state index in [-0.39, 0.29) is 5.54 Å². The first-order valence-electron chi connectivity index (χ1n) is 10.7. The van der Waals surface area contributed by atoms with E-state index in [2.05, 4.69) is 43.4 Å². The Morgan fingerprint density at radius 1 is 1.25 bits per heavy atom. The summed E-state index contributed by atoms with van der Waals surface area (Å²) in [6.07, 6.45) is 6.34. The number of fused-ring (bicyclic) bond motifs is 2. The molecule has 3 aromatic rings. The van der Waals surface area contributed by atoms with E-state index in [4.69, 9.17) is 9.72 Å². The molecule has 1 N–H and O–H groups in total. The first-order valence-corrected chi connectivity index (χ1v) is 12.3. The zero-order valence-corrected chi connectivity index (χ0v) is 19.7. The smallest absolute Gasteiger partial charge is 0.166 e. The third-order valence-electron chi connectivity index (χ3n) is 6.36. The molecule has 6 rings (SSSR count). The van der Waals surface area contributed by atoms with Crippen LogP contribution in [-0.4, -0.2) is 58.6 Å². The average Bonchev–Trinajstić information content (AvgIpc) is 3.31. The van der Waals surface area contributed by atoms with Gasteiger partial charge in [0.1, 0.15) is 17.4 Å². The average molecular weight is 481 g/mol. The number of hydrogen-bond donors (Lipinski definition) is 1. The minimum Gasteiger partial charge on any atom is -0.381 e. The summed E-state index contributed by atoms with van der Waals surface area (Å²) in [4.78, 5) is 8.31. The van der Waals surface area contributed by atoms with Crippen molar-refractivity contribution in [3.8, 4) is 10.7 Å². The van der Waals surface area contributed by atoms with Crippen LogP contribution in [0.5, 0.6) is 0 Å². The molecule has 1 unspecified atom stereocenters. The number of hydrogen-bond acceptors (Lipinski definition) is 8. The summed E-state index contributed by atoms with van der Waals surface area (Å²) < 4.78 is 33.9. The SMILES string of the molecule is CC1(NSc2cc(N3CC4COC[C@H]4C3)c3ncc(-c4nnc(CF)s4)n3c2)CC1.CF. The van der Waals surface area contributed by atoms with Crippen molar-refractivity contribution in [2.75, 3.05) is 38.4 Å². The Hall–Kier alpha value is -1.82. The van der Waals surface area contributed by atoms with E-state index in [1.54, 1.807) is 11.9 Å². The summed E-state index contributed by atoms with van der Waals surface area (Å²) in [6.45, 7) is 5.34. The molecule has 0 bridgehead atoms. The molecule has 172 valence electrons. The van der Waals surface area contributed by atoms with Crippen LogP contribution in [0, 0.1) is 11.8 Å². The second-order valence-corrected chi connectivity index (χ2v) is 10.7. The van der Waals surface area contributed by atoms with Crippen molar-refractivity contribution in [3.05, 3.63) is 23.5 Å². The molecule has 3 fully saturated rings. The fourth-order valence-corrected chi connectivity index (χ4v) is 5.85. The van der Waals surface area contributed by atoms with Gasteiger partial charge in [-0.3, -0.25) is 13.5 Å². The van der Waals surface area contributed by atoms with E-state index >= 15 is 0 Å². The minimum atomic E-state index is -0.595. The summed E-state index contributed by atoms with van der Waals surface area (Å²) in [5, 5.41) is 9.22. The molecule has 3 aromatic heterocycles. The molecule has 32 heavy (non-hydrogen) atoms. The summed E-state index contributed by atoms with van der Waals surface area (Å²) in [6, 6.07) is 2.24. The van der Waals surface area contributed by atoms with E-state index in [9.17, 15) is 8.78 Å². The molecule has 2 aliphatic heterocycles. The zero-order valence-electron chi connectivity index (χ0n) is 18.1. The van der Waals surface area contributed by atoms with Crippen molar-refractivity contribution in [3.63, 3.8) is 0 Å². The summed E-state index contributed by atoms with van der Waals surface area (Å²) in [5.74, 6) is 1.18. The predicted molar refractivity (Wildman–Crippen MR) is 123 cm³/mol. The monoisotopic (exact) mass is 480 g/mol. The van der Waals surface area contributed by atoms with Gasteiger partial charge >= 0.3 is 0 Å². The van der Waals surface area contributed by atoms with Crippen LogP contribution in [0.3, 0.4) is 0 Å². The van der Waals surface area contributed by atoms with Crippen molar-refractivity contribution >= 4 is 34.6 Å². The largest absolute Gasteiger partial charge is 0.381 e. The van der Waals surface area contributed by atoms with E-state index < -0.39 is 6.67 Å². The van der Waals surface area contributed by atoms with E-state index in [0.717, 1.165) is 48.2 Å². The molecule has 0 aromatic carbocycles. The van der Waals surface area contributed by atoms with Crippen molar-refractivity contribution in [2.24, 2.45) is 11.8 Å². The van der Waals surface area contributed by atoms with Crippen LogP contribution in [0.4, 0.5) is 14.5 Å². The Kier molecular flexibility index (Phi) is 6.08. The molecule has 0 spiro atoms. The van der Waals surface area contributed by atoms with Gasteiger partial charge in [-0.2, -0.15) is 0 Å². The molecule has 1 saturated carbocycles. The topological polar surface area (TPSA) is 67.6 Å². The molecular weight excluding hydrogens is 454 g/mol. The molecule has 0 radical (unpaired) electrons. The minimum absolute atomic E-state index is 0.231. The summed E-state index contributed by atoms with van der Waals surface area (Å²) in [5.41, 5.74) is 3.13. The normalized spacial score (nSPS) is 23.3. The van der Waals surface area contributed by atoms with E-state index in [1.165, 1.54) is 24.2 Å². The first-order chi connectivity index (χ1) is 15.6. The predicted octanol–water partition coefficient (Wildman–Crippen LogP) is 4.14. The van der Waals surface area contributed by atoms with Crippen molar-refractivity contribution < 1.29 is 13.5 Å². The van der Waals surface area contributed by atoms with Crippen molar-refractivity contribution in [1.29, 1.82) is 0 Å². The molecule has 5 heterocycles. The standard InChI is InChI=1S/C20H23FN6OS2.CH3F/c1-20(2-3-20)25-30-14-4-15(26-7-12-10-28-11-13(12)8-26)18-22-6-16(27(18)9-14)19-24-23-17(5-21)29-19;1-2/h4,6,9,12-13,25H,2-3,5,7-8,10-11H2,1H3;1H3/t12-,13?;/m1./s1. The number of rotatable bonds is 6. The molecule has 2 atom stereocenters. The number of halogens is 2. The van der Waals surface area contributed by atoms with E-state index in [1.807, 2.05) is 6.20 Å². The van der Waals surface area contributed by atoms with Crippen molar-refractivity contribution in [2.45, 2.75) is 36.9 Å². The Morgan fingerprint density at radius 2 is 2.00 bits per heavy atom. The van der Waals surface area contributed by atoms with Crippen LogP contribution in [-0.2, 0) is 11.4 Å². The number of anilines is 1. The van der Waals surface area contributed by atoms with Crippen LogP contribution in [0.25, 0.3) is 16.3 Å². The first kappa shape index (κ1) is 22.0.